The standard InChI is InChI=1S/C17H32N4OS/c1-4-18-16(20-14-8-7-11-23-12-14)19-13-17(9-5-6-10-17)15(22)21(2)3/h14H,4-13H2,1-3H3,(H2,18,19,20). The van der Waals surface area contributed by atoms with Gasteiger partial charge in [-0.25, -0.2) is 0 Å². The number of nitrogens with zero attached hydrogens (tertiary/aromatic N) is 2. The van der Waals surface area contributed by atoms with Crippen molar-refractivity contribution in [2.45, 2.75) is 51.5 Å². The van der Waals surface area contributed by atoms with Crippen LogP contribution in [0.25, 0.3) is 0 Å². The first-order valence-electron chi connectivity index (χ1n) is 8.92. The zero-order chi connectivity index (χ0) is 16.7. The molecule has 0 radical (unpaired) electrons. The molecule has 132 valence electrons. The van der Waals surface area contributed by atoms with Gasteiger partial charge in [0.2, 0.25) is 5.91 Å². The SMILES string of the molecule is CCNC(=NCC1(C(=O)N(C)C)CCCC1)NC1CCCSC1. The average Bonchev–Trinajstić information content (AvgIpc) is 3.03. The Labute approximate surface area is 145 Å². The van der Waals surface area contributed by atoms with Crippen LogP contribution < -0.4 is 10.6 Å². The van der Waals surface area contributed by atoms with Gasteiger partial charge >= 0.3 is 0 Å². The Balaban J connectivity index is 2.03. The van der Waals surface area contributed by atoms with Crippen molar-refractivity contribution in [1.29, 1.82) is 0 Å². The molecule has 2 rings (SSSR count). The lowest BCUT2D eigenvalue weighted by Gasteiger charge is -2.30. The van der Waals surface area contributed by atoms with Gasteiger partial charge < -0.3 is 15.5 Å². The van der Waals surface area contributed by atoms with E-state index < -0.39 is 0 Å². The predicted molar refractivity (Wildman–Crippen MR) is 99.1 cm³/mol. The van der Waals surface area contributed by atoms with E-state index in [9.17, 15) is 4.79 Å². The summed E-state index contributed by atoms with van der Waals surface area (Å²) < 4.78 is 0. The van der Waals surface area contributed by atoms with Gasteiger partial charge in [-0.3, -0.25) is 9.79 Å². The van der Waals surface area contributed by atoms with Gasteiger partial charge in [-0.15, -0.1) is 0 Å². The number of guanidine groups is 1. The van der Waals surface area contributed by atoms with Crippen molar-refractivity contribution >= 4 is 23.6 Å². The van der Waals surface area contributed by atoms with E-state index in [1.165, 1.54) is 18.6 Å². The number of rotatable bonds is 5. The lowest BCUT2D eigenvalue weighted by Crippen LogP contribution is -2.47. The summed E-state index contributed by atoms with van der Waals surface area (Å²) in [6, 6.07) is 0.496. The van der Waals surface area contributed by atoms with Crippen LogP contribution in [-0.2, 0) is 4.79 Å². The fraction of sp³-hybridized carbons (Fsp3) is 0.882. The van der Waals surface area contributed by atoms with Crippen LogP contribution in [0.4, 0.5) is 0 Å². The number of carbonyl (C=O) groups excluding carboxylic acids is 1. The molecule has 0 aromatic rings. The summed E-state index contributed by atoms with van der Waals surface area (Å²) in [6.45, 7) is 3.53. The van der Waals surface area contributed by atoms with Crippen LogP contribution in [0.15, 0.2) is 4.99 Å². The smallest absolute Gasteiger partial charge is 0.230 e. The van der Waals surface area contributed by atoms with Gasteiger partial charge in [0.05, 0.1) is 12.0 Å². The lowest BCUT2D eigenvalue weighted by molar-refractivity contribution is -0.138. The number of amides is 1. The monoisotopic (exact) mass is 340 g/mol. The normalized spacial score (nSPS) is 24.3. The molecule has 0 bridgehead atoms. The van der Waals surface area contributed by atoms with Crippen molar-refractivity contribution in [3.63, 3.8) is 0 Å². The third-order valence-corrected chi connectivity index (χ3v) is 6.02. The molecule has 2 fully saturated rings. The van der Waals surface area contributed by atoms with Gasteiger partial charge in [-0.1, -0.05) is 12.8 Å². The Morgan fingerprint density at radius 3 is 2.61 bits per heavy atom. The maximum atomic E-state index is 12.6. The maximum absolute atomic E-state index is 12.6. The zero-order valence-corrected chi connectivity index (χ0v) is 15.7. The van der Waals surface area contributed by atoms with E-state index in [4.69, 9.17) is 4.99 Å². The van der Waals surface area contributed by atoms with Crippen LogP contribution in [0.5, 0.6) is 0 Å². The molecule has 1 amide bonds. The first-order valence-corrected chi connectivity index (χ1v) is 10.1. The molecular formula is C17H32N4OS. The first-order chi connectivity index (χ1) is 11.1. The van der Waals surface area contributed by atoms with Crippen LogP contribution in [0.2, 0.25) is 0 Å². The summed E-state index contributed by atoms with van der Waals surface area (Å²) in [5.74, 6) is 3.53. The minimum atomic E-state index is -0.285. The van der Waals surface area contributed by atoms with E-state index in [0.29, 0.717) is 12.6 Å². The molecule has 2 aliphatic rings. The summed E-state index contributed by atoms with van der Waals surface area (Å²) >= 11 is 2.01. The molecule has 1 atom stereocenters. The van der Waals surface area contributed by atoms with Crippen LogP contribution in [0.3, 0.4) is 0 Å². The second-order valence-electron chi connectivity index (χ2n) is 6.94. The topological polar surface area (TPSA) is 56.7 Å². The number of aliphatic imine (C=N–C) groups is 1. The van der Waals surface area contributed by atoms with Gasteiger partial charge in [0.25, 0.3) is 0 Å². The molecule has 6 heteroatoms. The van der Waals surface area contributed by atoms with Gasteiger partial charge in [0.15, 0.2) is 5.96 Å². The molecule has 0 spiro atoms. The van der Waals surface area contributed by atoms with Crippen LogP contribution in [0.1, 0.15) is 45.4 Å². The Bertz CT molecular complexity index is 413. The number of hydrogen-bond acceptors (Lipinski definition) is 3. The van der Waals surface area contributed by atoms with Crippen molar-refractivity contribution < 1.29 is 4.79 Å². The summed E-state index contributed by atoms with van der Waals surface area (Å²) in [5.41, 5.74) is -0.285. The molecule has 1 heterocycles. The van der Waals surface area contributed by atoms with E-state index >= 15 is 0 Å². The maximum Gasteiger partial charge on any atom is 0.230 e. The average molecular weight is 341 g/mol. The quantitative estimate of drug-likeness (QED) is 0.594. The molecule has 1 aliphatic carbocycles. The number of hydrogen-bond donors (Lipinski definition) is 2. The number of carbonyl (C=O) groups is 1. The zero-order valence-electron chi connectivity index (χ0n) is 14.9. The third kappa shape index (κ3) is 5.03. The summed E-state index contributed by atoms with van der Waals surface area (Å²) in [6.07, 6.45) is 6.68. The Morgan fingerprint density at radius 2 is 2.04 bits per heavy atom. The number of thioether (sulfide) groups is 1. The van der Waals surface area contributed by atoms with Gasteiger partial charge in [0.1, 0.15) is 0 Å². The molecular weight excluding hydrogens is 308 g/mol. The molecule has 0 aromatic heterocycles. The molecule has 1 aliphatic heterocycles. The molecule has 1 saturated carbocycles. The Kier molecular flexibility index (Phi) is 7.06. The van der Waals surface area contributed by atoms with Gasteiger partial charge in [-0.2, -0.15) is 11.8 Å². The number of nitrogens with one attached hydrogen (secondary N) is 2. The van der Waals surface area contributed by atoms with E-state index in [0.717, 1.165) is 43.9 Å². The molecule has 0 aromatic carbocycles. The van der Waals surface area contributed by atoms with Crippen molar-refractivity contribution in [2.24, 2.45) is 10.4 Å². The lowest BCUT2D eigenvalue weighted by atomic mass is 9.85. The van der Waals surface area contributed by atoms with Crippen molar-refractivity contribution in [2.75, 3.05) is 38.7 Å². The second kappa shape index (κ2) is 8.81. The van der Waals surface area contributed by atoms with Gasteiger partial charge in [-0.05, 0) is 38.4 Å². The third-order valence-electron chi connectivity index (χ3n) is 4.81. The largest absolute Gasteiger partial charge is 0.357 e. The minimum Gasteiger partial charge on any atom is -0.357 e. The summed E-state index contributed by atoms with van der Waals surface area (Å²) in [7, 11) is 3.71. The summed E-state index contributed by atoms with van der Waals surface area (Å²) in [4.78, 5) is 19.2. The fourth-order valence-corrected chi connectivity index (χ4v) is 4.64. The highest BCUT2D eigenvalue weighted by Gasteiger charge is 2.42. The van der Waals surface area contributed by atoms with Crippen molar-refractivity contribution in [3.05, 3.63) is 0 Å². The van der Waals surface area contributed by atoms with E-state index in [1.807, 2.05) is 25.9 Å². The minimum absolute atomic E-state index is 0.239. The van der Waals surface area contributed by atoms with Gasteiger partial charge in [0, 0.05) is 32.4 Å². The van der Waals surface area contributed by atoms with Crippen LogP contribution in [0, 0.1) is 5.41 Å². The molecule has 23 heavy (non-hydrogen) atoms. The second-order valence-corrected chi connectivity index (χ2v) is 8.09. The summed E-state index contributed by atoms with van der Waals surface area (Å²) in [5, 5.41) is 6.90. The Morgan fingerprint density at radius 1 is 1.30 bits per heavy atom. The molecule has 2 N–H and O–H groups in total. The highest BCUT2D eigenvalue weighted by molar-refractivity contribution is 7.99. The highest BCUT2D eigenvalue weighted by Crippen LogP contribution is 2.39. The van der Waals surface area contributed by atoms with Crippen molar-refractivity contribution in [3.8, 4) is 0 Å². The Hall–Kier alpha value is -0.910. The van der Waals surface area contributed by atoms with Crippen molar-refractivity contribution in [1.82, 2.24) is 15.5 Å². The van der Waals surface area contributed by atoms with E-state index in [-0.39, 0.29) is 11.3 Å². The van der Waals surface area contributed by atoms with E-state index in [2.05, 4.69) is 17.6 Å². The molecule has 1 unspecified atom stereocenters. The molecule has 1 saturated heterocycles. The predicted octanol–water partition coefficient (Wildman–Crippen LogP) is 2.09. The van der Waals surface area contributed by atoms with Crippen LogP contribution in [-0.4, -0.2) is 61.5 Å². The molecule has 5 nitrogen and oxygen atoms in total. The van der Waals surface area contributed by atoms with E-state index in [1.54, 1.807) is 4.90 Å². The first kappa shape index (κ1) is 18.4. The fourth-order valence-electron chi connectivity index (χ4n) is 3.56. The highest BCUT2D eigenvalue weighted by atomic mass is 32.2. The van der Waals surface area contributed by atoms with Crippen LogP contribution >= 0.6 is 11.8 Å².